The zero-order valence-electron chi connectivity index (χ0n) is 8.98. The molecular formula is C11H17N3O. The van der Waals surface area contributed by atoms with Gasteiger partial charge in [0.25, 0.3) is 0 Å². The van der Waals surface area contributed by atoms with Crippen molar-refractivity contribution >= 4 is 5.82 Å². The van der Waals surface area contributed by atoms with Crippen LogP contribution in [0, 0.1) is 12.8 Å². The van der Waals surface area contributed by atoms with E-state index in [9.17, 15) is 5.11 Å². The molecule has 2 atom stereocenters. The second-order valence-electron chi connectivity index (χ2n) is 4.11. The maximum Gasteiger partial charge on any atom is 0.147 e. The zero-order valence-corrected chi connectivity index (χ0v) is 8.98. The van der Waals surface area contributed by atoms with Crippen molar-refractivity contribution in [2.45, 2.75) is 32.2 Å². The van der Waals surface area contributed by atoms with Crippen LogP contribution in [0.25, 0.3) is 0 Å². The largest absolute Gasteiger partial charge is 0.396 e. The molecule has 1 aliphatic carbocycles. The number of hydrogen-bond acceptors (Lipinski definition) is 4. The molecule has 4 nitrogen and oxygen atoms in total. The first-order valence-corrected chi connectivity index (χ1v) is 5.46. The van der Waals surface area contributed by atoms with E-state index in [0.717, 1.165) is 24.4 Å². The Balaban J connectivity index is 2.05. The lowest BCUT2D eigenvalue weighted by molar-refractivity contribution is 0.222. The van der Waals surface area contributed by atoms with E-state index in [2.05, 4.69) is 15.3 Å². The van der Waals surface area contributed by atoms with Gasteiger partial charge in [0.15, 0.2) is 0 Å². The summed E-state index contributed by atoms with van der Waals surface area (Å²) in [6, 6.07) is 0.352. The van der Waals surface area contributed by atoms with E-state index in [1.165, 1.54) is 6.42 Å². The van der Waals surface area contributed by atoms with Crippen molar-refractivity contribution < 1.29 is 5.11 Å². The molecule has 82 valence electrons. The predicted molar refractivity (Wildman–Crippen MR) is 58.6 cm³/mol. The molecule has 2 rings (SSSR count). The van der Waals surface area contributed by atoms with Crippen LogP contribution in [0.4, 0.5) is 5.82 Å². The Morgan fingerprint density at radius 2 is 2.20 bits per heavy atom. The highest BCUT2D eigenvalue weighted by Gasteiger charge is 2.26. The summed E-state index contributed by atoms with van der Waals surface area (Å²) < 4.78 is 0. The molecule has 0 radical (unpaired) electrons. The highest BCUT2D eigenvalue weighted by atomic mass is 16.3. The Bertz CT molecular complexity index is 329. The van der Waals surface area contributed by atoms with Crippen LogP contribution in [-0.2, 0) is 0 Å². The van der Waals surface area contributed by atoms with E-state index in [1.54, 1.807) is 12.4 Å². The van der Waals surface area contributed by atoms with Gasteiger partial charge in [-0.15, -0.1) is 0 Å². The normalized spacial score (nSPS) is 25.5. The molecule has 0 aliphatic heterocycles. The highest BCUT2D eigenvalue weighted by Crippen LogP contribution is 2.27. The average Bonchev–Trinajstić information content (AvgIpc) is 2.69. The Labute approximate surface area is 89.8 Å². The van der Waals surface area contributed by atoms with Crippen molar-refractivity contribution in [2.75, 3.05) is 11.9 Å². The van der Waals surface area contributed by atoms with Crippen molar-refractivity contribution in [3.63, 3.8) is 0 Å². The number of anilines is 1. The number of hydrogen-bond donors (Lipinski definition) is 2. The first-order chi connectivity index (χ1) is 7.31. The van der Waals surface area contributed by atoms with Gasteiger partial charge in [0.1, 0.15) is 5.82 Å². The van der Waals surface area contributed by atoms with Crippen LogP contribution in [0.2, 0.25) is 0 Å². The summed E-state index contributed by atoms with van der Waals surface area (Å²) in [6.07, 6.45) is 6.79. The maximum absolute atomic E-state index is 9.21. The van der Waals surface area contributed by atoms with Gasteiger partial charge in [-0.2, -0.15) is 0 Å². The van der Waals surface area contributed by atoms with Gasteiger partial charge in [0.2, 0.25) is 0 Å². The van der Waals surface area contributed by atoms with E-state index < -0.39 is 0 Å². The number of aliphatic hydroxyl groups excluding tert-OH is 1. The number of aromatic nitrogens is 2. The van der Waals surface area contributed by atoms with Crippen LogP contribution in [0.15, 0.2) is 12.4 Å². The molecule has 1 heterocycles. The third-order valence-corrected chi connectivity index (χ3v) is 3.10. The van der Waals surface area contributed by atoms with Crippen LogP contribution in [0.3, 0.4) is 0 Å². The first kappa shape index (κ1) is 10.4. The minimum atomic E-state index is 0.261. The number of nitrogens with zero attached hydrogens (tertiary/aromatic N) is 2. The van der Waals surface area contributed by atoms with E-state index in [0.29, 0.717) is 12.0 Å². The maximum atomic E-state index is 9.21. The summed E-state index contributed by atoms with van der Waals surface area (Å²) >= 11 is 0. The Morgan fingerprint density at radius 3 is 2.93 bits per heavy atom. The summed E-state index contributed by atoms with van der Waals surface area (Å²) in [6.45, 7) is 2.20. The second-order valence-corrected chi connectivity index (χ2v) is 4.11. The van der Waals surface area contributed by atoms with Crippen LogP contribution in [-0.4, -0.2) is 27.7 Å². The zero-order chi connectivity index (χ0) is 10.7. The van der Waals surface area contributed by atoms with Crippen molar-refractivity contribution in [2.24, 2.45) is 5.92 Å². The molecule has 2 N–H and O–H groups in total. The quantitative estimate of drug-likeness (QED) is 0.785. The number of nitrogens with one attached hydrogen (secondary N) is 1. The van der Waals surface area contributed by atoms with Gasteiger partial charge in [-0.05, 0) is 19.8 Å². The van der Waals surface area contributed by atoms with Gasteiger partial charge in [0, 0.05) is 31.0 Å². The van der Waals surface area contributed by atoms with Crippen molar-refractivity contribution in [1.82, 2.24) is 9.97 Å². The Kier molecular flexibility index (Phi) is 3.16. The van der Waals surface area contributed by atoms with Gasteiger partial charge >= 0.3 is 0 Å². The molecule has 0 spiro atoms. The molecule has 1 fully saturated rings. The SMILES string of the molecule is Cc1nccnc1NC1CCCC1CO. The fourth-order valence-electron chi connectivity index (χ4n) is 2.17. The Hall–Kier alpha value is -1.16. The molecule has 1 saturated carbocycles. The summed E-state index contributed by atoms with van der Waals surface area (Å²) in [5.41, 5.74) is 0.918. The summed E-state index contributed by atoms with van der Waals surface area (Å²) in [4.78, 5) is 8.44. The number of rotatable bonds is 3. The molecule has 1 aliphatic rings. The molecule has 1 aromatic rings. The molecule has 0 aromatic carbocycles. The van der Waals surface area contributed by atoms with E-state index >= 15 is 0 Å². The first-order valence-electron chi connectivity index (χ1n) is 5.46. The molecule has 0 saturated heterocycles. The highest BCUT2D eigenvalue weighted by molar-refractivity contribution is 5.39. The van der Waals surface area contributed by atoms with Gasteiger partial charge in [-0.1, -0.05) is 6.42 Å². The number of aryl methyl sites for hydroxylation is 1. The monoisotopic (exact) mass is 207 g/mol. The molecular weight excluding hydrogens is 190 g/mol. The third-order valence-electron chi connectivity index (χ3n) is 3.10. The average molecular weight is 207 g/mol. The fraction of sp³-hybridized carbons (Fsp3) is 0.636. The van der Waals surface area contributed by atoms with Crippen molar-refractivity contribution in [3.8, 4) is 0 Å². The lowest BCUT2D eigenvalue weighted by atomic mass is 10.1. The smallest absolute Gasteiger partial charge is 0.147 e. The second kappa shape index (κ2) is 4.57. The summed E-state index contributed by atoms with van der Waals surface area (Å²) in [5.74, 6) is 1.22. The van der Waals surface area contributed by atoms with E-state index in [-0.39, 0.29) is 6.61 Å². The molecule has 4 heteroatoms. The van der Waals surface area contributed by atoms with Crippen molar-refractivity contribution in [3.05, 3.63) is 18.1 Å². The van der Waals surface area contributed by atoms with Gasteiger partial charge in [-0.3, -0.25) is 4.98 Å². The number of aliphatic hydroxyl groups is 1. The standard InChI is InChI=1S/C11H17N3O/c1-8-11(13-6-5-12-8)14-10-4-2-3-9(10)7-15/h5-6,9-10,15H,2-4,7H2,1H3,(H,13,14). The molecule has 0 amide bonds. The van der Waals surface area contributed by atoms with Gasteiger partial charge in [0.05, 0.1) is 5.69 Å². The summed E-state index contributed by atoms with van der Waals surface area (Å²) in [5, 5.41) is 12.6. The third kappa shape index (κ3) is 2.26. The molecule has 0 bridgehead atoms. The van der Waals surface area contributed by atoms with Gasteiger partial charge in [-0.25, -0.2) is 4.98 Å². The molecule has 2 unspecified atom stereocenters. The van der Waals surface area contributed by atoms with Gasteiger partial charge < -0.3 is 10.4 Å². The van der Waals surface area contributed by atoms with Crippen molar-refractivity contribution in [1.29, 1.82) is 0 Å². The topological polar surface area (TPSA) is 58.0 Å². The predicted octanol–water partition coefficient (Wildman–Crippen LogP) is 1.36. The van der Waals surface area contributed by atoms with E-state index in [1.807, 2.05) is 6.92 Å². The van der Waals surface area contributed by atoms with Crippen LogP contribution >= 0.6 is 0 Å². The lowest BCUT2D eigenvalue weighted by Crippen LogP contribution is -2.27. The lowest BCUT2D eigenvalue weighted by Gasteiger charge is -2.20. The minimum Gasteiger partial charge on any atom is -0.396 e. The molecule has 15 heavy (non-hydrogen) atoms. The Morgan fingerprint density at radius 1 is 1.40 bits per heavy atom. The van der Waals surface area contributed by atoms with Crippen LogP contribution in [0.1, 0.15) is 25.0 Å². The molecule has 1 aromatic heterocycles. The summed E-state index contributed by atoms with van der Waals surface area (Å²) in [7, 11) is 0. The van der Waals surface area contributed by atoms with Crippen LogP contribution < -0.4 is 5.32 Å². The minimum absolute atomic E-state index is 0.261. The van der Waals surface area contributed by atoms with Crippen LogP contribution in [0.5, 0.6) is 0 Å². The van der Waals surface area contributed by atoms with E-state index in [4.69, 9.17) is 0 Å². The fourth-order valence-corrected chi connectivity index (χ4v) is 2.17.